The van der Waals surface area contributed by atoms with Gasteiger partial charge in [-0.1, -0.05) is 6.42 Å². The van der Waals surface area contributed by atoms with Crippen molar-refractivity contribution in [3.05, 3.63) is 30.1 Å². The van der Waals surface area contributed by atoms with Crippen molar-refractivity contribution >= 4 is 15.9 Å². The van der Waals surface area contributed by atoms with Crippen LogP contribution in [0.4, 0.5) is 4.39 Å². The van der Waals surface area contributed by atoms with Crippen molar-refractivity contribution in [2.75, 3.05) is 32.8 Å². The van der Waals surface area contributed by atoms with Gasteiger partial charge in [-0.05, 0) is 63.0 Å². The normalized spacial score (nSPS) is 25.3. The maximum Gasteiger partial charge on any atom is 0.240 e. The van der Waals surface area contributed by atoms with Crippen LogP contribution in [0.25, 0.3) is 0 Å². The monoisotopic (exact) mass is 457 g/mol. The first-order valence-electron chi connectivity index (χ1n) is 10.9. The highest BCUT2D eigenvalue weighted by atomic mass is 32.2. The zero-order valence-electron chi connectivity index (χ0n) is 17.6. The molecule has 0 aliphatic carbocycles. The molecule has 3 rings (SSSR count). The summed E-state index contributed by atoms with van der Waals surface area (Å²) in [5, 5.41) is 12.6. The van der Waals surface area contributed by atoms with Crippen LogP contribution >= 0.6 is 0 Å². The molecule has 3 N–H and O–H groups in total. The lowest BCUT2D eigenvalue weighted by atomic mass is 9.98. The Morgan fingerprint density at radius 1 is 1.16 bits per heavy atom. The van der Waals surface area contributed by atoms with E-state index in [1.165, 1.54) is 31.4 Å². The third-order valence-electron chi connectivity index (χ3n) is 5.84. The summed E-state index contributed by atoms with van der Waals surface area (Å²) in [6, 6.07) is 3.90. The number of sulfonamides is 1. The minimum atomic E-state index is -3.87. The van der Waals surface area contributed by atoms with E-state index in [1.54, 1.807) is 0 Å². The van der Waals surface area contributed by atoms with E-state index in [4.69, 9.17) is 4.74 Å². The standard InChI is InChI=1S/C21H32FN3O5S/c22-16-4-7-18(8-5-16)31(28,29)24-19-9-6-17(30-20(19)15-26)14-21(27)23-10-13-25-11-2-1-3-12-25/h4-5,7-8,17,19-20,24,26H,1-3,6,9-15H2,(H,23,27)/t17-,19-,20-/m1/s1. The molecule has 2 fully saturated rings. The summed E-state index contributed by atoms with van der Waals surface area (Å²) in [6.07, 6.45) is 3.65. The van der Waals surface area contributed by atoms with E-state index >= 15 is 0 Å². The molecule has 2 aliphatic heterocycles. The molecule has 2 saturated heterocycles. The number of rotatable bonds is 9. The molecule has 0 saturated carbocycles. The molecule has 8 nitrogen and oxygen atoms in total. The SMILES string of the molecule is O=C(C[C@H]1CC[C@@H](NS(=O)(=O)c2ccc(F)cc2)[C@@H](CO)O1)NCCN1CCCCC1. The molecule has 1 aromatic carbocycles. The molecule has 10 heteroatoms. The number of carbonyl (C=O) groups is 1. The van der Waals surface area contributed by atoms with Crippen molar-refractivity contribution in [3.8, 4) is 0 Å². The molecule has 2 heterocycles. The van der Waals surface area contributed by atoms with Gasteiger partial charge in [0.15, 0.2) is 0 Å². The van der Waals surface area contributed by atoms with Gasteiger partial charge in [0.25, 0.3) is 0 Å². The summed E-state index contributed by atoms with van der Waals surface area (Å²) in [7, 11) is -3.87. The lowest BCUT2D eigenvalue weighted by molar-refractivity contribution is -0.130. The molecule has 0 aromatic heterocycles. The topological polar surface area (TPSA) is 108 Å². The van der Waals surface area contributed by atoms with Gasteiger partial charge < -0.3 is 20.1 Å². The van der Waals surface area contributed by atoms with Crippen molar-refractivity contribution < 1.29 is 27.4 Å². The van der Waals surface area contributed by atoms with Crippen LogP contribution in [0, 0.1) is 5.82 Å². The number of ether oxygens (including phenoxy) is 1. The highest BCUT2D eigenvalue weighted by molar-refractivity contribution is 7.89. The maximum absolute atomic E-state index is 13.1. The number of piperidine rings is 1. The number of benzene rings is 1. The largest absolute Gasteiger partial charge is 0.394 e. The molecule has 2 aliphatic rings. The minimum absolute atomic E-state index is 0.0548. The molecule has 0 radical (unpaired) electrons. The quantitative estimate of drug-likeness (QED) is 0.511. The third-order valence-corrected chi connectivity index (χ3v) is 7.34. The fraction of sp³-hybridized carbons (Fsp3) is 0.667. The van der Waals surface area contributed by atoms with Crippen LogP contribution in [0.2, 0.25) is 0 Å². The van der Waals surface area contributed by atoms with Crippen molar-refractivity contribution in [2.24, 2.45) is 0 Å². The number of halogens is 1. The Hall–Kier alpha value is -1.59. The molecule has 0 unspecified atom stereocenters. The van der Waals surface area contributed by atoms with Gasteiger partial charge in [-0.15, -0.1) is 0 Å². The molecule has 31 heavy (non-hydrogen) atoms. The number of hydrogen-bond donors (Lipinski definition) is 3. The fourth-order valence-electron chi connectivity index (χ4n) is 4.11. The number of amides is 1. The predicted octanol–water partition coefficient (Wildman–Crippen LogP) is 1.00. The summed E-state index contributed by atoms with van der Waals surface area (Å²) < 4.78 is 46.5. The van der Waals surface area contributed by atoms with Gasteiger partial charge in [0, 0.05) is 13.1 Å². The van der Waals surface area contributed by atoms with Gasteiger partial charge in [0.05, 0.1) is 36.2 Å². The number of likely N-dealkylation sites (tertiary alicyclic amines) is 1. The van der Waals surface area contributed by atoms with Crippen LogP contribution in [0.1, 0.15) is 38.5 Å². The number of nitrogens with one attached hydrogen (secondary N) is 2. The van der Waals surface area contributed by atoms with E-state index in [9.17, 15) is 22.7 Å². The van der Waals surface area contributed by atoms with Crippen molar-refractivity contribution in [3.63, 3.8) is 0 Å². The molecular weight excluding hydrogens is 425 g/mol. The highest BCUT2D eigenvalue weighted by Crippen LogP contribution is 2.23. The van der Waals surface area contributed by atoms with E-state index in [2.05, 4.69) is 14.9 Å². The second-order valence-electron chi connectivity index (χ2n) is 8.19. The van der Waals surface area contributed by atoms with Crippen molar-refractivity contribution in [1.29, 1.82) is 0 Å². The van der Waals surface area contributed by atoms with Crippen molar-refractivity contribution in [1.82, 2.24) is 14.9 Å². The first-order valence-corrected chi connectivity index (χ1v) is 12.4. The molecule has 0 spiro atoms. The molecule has 3 atom stereocenters. The van der Waals surface area contributed by atoms with Gasteiger partial charge >= 0.3 is 0 Å². The zero-order chi connectivity index (χ0) is 22.3. The summed E-state index contributed by atoms with van der Waals surface area (Å²) in [4.78, 5) is 14.5. The van der Waals surface area contributed by atoms with E-state index in [-0.39, 0.29) is 29.9 Å². The third kappa shape index (κ3) is 7.21. The van der Waals surface area contributed by atoms with Crippen LogP contribution in [-0.2, 0) is 19.6 Å². The Morgan fingerprint density at radius 3 is 2.55 bits per heavy atom. The van der Waals surface area contributed by atoms with Gasteiger partial charge in [0.2, 0.25) is 15.9 Å². The fourth-order valence-corrected chi connectivity index (χ4v) is 5.41. The second-order valence-corrected chi connectivity index (χ2v) is 9.91. The van der Waals surface area contributed by atoms with Gasteiger partial charge in [0.1, 0.15) is 5.82 Å². The minimum Gasteiger partial charge on any atom is -0.394 e. The Bertz CT molecular complexity index is 815. The van der Waals surface area contributed by atoms with Gasteiger partial charge in [-0.2, -0.15) is 0 Å². The number of carbonyl (C=O) groups excluding carboxylic acids is 1. The van der Waals surface area contributed by atoms with E-state index < -0.39 is 28.0 Å². The Balaban J connectivity index is 1.45. The van der Waals surface area contributed by atoms with E-state index in [0.717, 1.165) is 31.8 Å². The predicted molar refractivity (Wildman–Crippen MR) is 113 cm³/mol. The summed E-state index contributed by atoms with van der Waals surface area (Å²) in [6.45, 7) is 3.21. The average Bonchev–Trinajstić information content (AvgIpc) is 2.75. The Labute approximate surface area is 183 Å². The first kappa shape index (κ1) is 24.1. The number of hydrogen-bond acceptors (Lipinski definition) is 6. The smallest absolute Gasteiger partial charge is 0.240 e. The average molecular weight is 458 g/mol. The zero-order valence-corrected chi connectivity index (χ0v) is 18.4. The van der Waals surface area contributed by atoms with Crippen LogP contribution in [0.3, 0.4) is 0 Å². The van der Waals surface area contributed by atoms with Crippen LogP contribution in [0.5, 0.6) is 0 Å². The maximum atomic E-state index is 13.1. The van der Waals surface area contributed by atoms with E-state index in [0.29, 0.717) is 19.4 Å². The molecule has 0 bridgehead atoms. The number of aliphatic hydroxyl groups excluding tert-OH is 1. The van der Waals surface area contributed by atoms with Gasteiger partial charge in [-0.3, -0.25) is 4.79 Å². The summed E-state index contributed by atoms with van der Waals surface area (Å²) >= 11 is 0. The lowest BCUT2D eigenvalue weighted by Crippen LogP contribution is -2.51. The van der Waals surface area contributed by atoms with Gasteiger partial charge in [-0.25, -0.2) is 17.5 Å². The van der Waals surface area contributed by atoms with Crippen LogP contribution < -0.4 is 10.0 Å². The first-order chi connectivity index (χ1) is 14.9. The number of nitrogens with zero attached hydrogens (tertiary/aromatic N) is 1. The highest BCUT2D eigenvalue weighted by Gasteiger charge is 2.34. The molecule has 1 aromatic rings. The molecular formula is C21H32FN3O5S. The Kier molecular flexibility index (Phi) is 8.79. The Morgan fingerprint density at radius 2 is 1.87 bits per heavy atom. The summed E-state index contributed by atoms with van der Waals surface area (Å²) in [5.41, 5.74) is 0. The molecule has 174 valence electrons. The second kappa shape index (κ2) is 11.3. The lowest BCUT2D eigenvalue weighted by Gasteiger charge is -2.35. The van der Waals surface area contributed by atoms with Crippen LogP contribution in [0.15, 0.2) is 29.2 Å². The molecule has 1 amide bonds. The van der Waals surface area contributed by atoms with Crippen molar-refractivity contribution in [2.45, 2.75) is 61.7 Å². The van der Waals surface area contributed by atoms with E-state index in [1.807, 2.05) is 0 Å². The summed E-state index contributed by atoms with van der Waals surface area (Å²) in [5.74, 6) is -0.630. The number of aliphatic hydroxyl groups is 1. The van der Waals surface area contributed by atoms with Crippen LogP contribution in [-0.4, -0.2) is 75.4 Å².